The van der Waals surface area contributed by atoms with Crippen molar-refractivity contribution < 1.29 is 8.42 Å². The first kappa shape index (κ1) is 17.0. The van der Waals surface area contributed by atoms with Gasteiger partial charge in [-0.2, -0.15) is 0 Å². The Kier molecular flexibility index (Phi) is 6.50. The van der Waals surface area contributed by atoms with E-state index in [9.17, 15) is 8.42 Å². The first-order chi connectivity index (χ1) is 9.31. The van der Waals surface area contributed by atoms with Crippen molar-refractivity contribution in [2.45, 2.75) is 38.5 Å². The zero-order valence-electron chi connectivity index (χ0n) is 12.2. The van der Waals surface area contributed by atoms with Crippen LogP contribution in [0.25, 0.3) is 0 Å². The topological polar surface area (TPSA) is 34.1 Å². The fourth-order valence-corrected chi connectivity index (χ4v) is 3.05. The summed E-state index contributed by atoms with van der Waals surface area (Å²) in [5.74, 6) is 0.0370. The summed E-state index contributed by atoms with van der Waals surface area (Å²) in [5, 5.41) is 0.539. The van der Waals surface area contributed by atoms with E-state index >= 15 is 0 Å². The standard InChI is InChI=1S/C16H21ClO2S/c1-13(2)5-4-6-14(3)11-12-20(18,19)16-9-7-15(17)8-10-16/h5,7-11H,4,6,12H2,1-3H3. The Morgan fingerprint density at radius 1 is 1.10 bits per heavy atom. The van der Waals surface area contributed by atoms with Crippen LogP contribution in [0.1, 0.15) is 33.6 Å². The van der Waals surface area contributed by atoms with Crippen LogP contribution in [-0.2, 0) is 9.84 Å². The summed E-state index contributed by atoms with van der Waals surface area (Å²) in [4.78, 5) is 0.315. The van der Waals surface area contributed by atoms with E-state index < -0.39 is 9.84 Å². The Labute approximate surface area is 127 Å². The first-order valence-corrected chi connectivity index (χ1v) is 8.61. The fraction of sp³-hybridized carbons (Fsp3) is 0.375. The molecule has 0 atom stereocenters. The highest BCUT2D eigenvalue weighted by atomic mass is 35.5. The van der Waals surface area contributed by atoms with Crippen molar-refractivity contribution in [1.82, 2.24) is 0 Å². The molecule has 0 aliphatic heterocycles. The second-order valence-electron chi connectivity index (χ2n) is 5.11. The average molecular weight is 313 g/mol. The third kappa shape index (κ3) is 5.93. The van der Waals surface area contributed by atoms with Gasteiger partial charge in [0.15, 0.2) is 9.84 Å². The molecule has 0 N–H and O–H groups in total. The van der Waals surface area contributed by atoms with Crippen LogP contribution in [0.5, 0.6) is 0 Å². The van der Waals surface area contributed by atoms with Gasteiger partial charge in [-0.15, -0.1) is 0 Å². The summed E-state index contributed by atoms with van der Waals surface area (Å²) < 4.78 is 24.3. The molecule has 0 saturated heterocycles. The highest BCUT2D eigenvalue weighted by molar-refractivity contribution is 7.91. The van der Waals surface area contributed by atoms with Gasteiger partial charge in [0, 0.05) is 5.02 Å². The third-order valence-electron chi connectivity index (χ3n) is 2.92. The minimum absolute atomic E-state index is 0.0370. The largest absolute Gasteiger partial charge is 0.223 e. The normalized spacial score (nSPS) is 12.3. The van der Waals surface area contributed by atoms with Crippen molar-refractivity contribution in [2.75, 3.05) is 5.75 Å². The van der Waals surface area contributed by atoms with Gasteiger partial charge in [0.05, 0.1) is 10.6 Å². The van der Waals surface area contributed by atoms with E-state index in [1.165, 1.54) is 5.57 Å². The van der Waals surface area contributed by atoms with E-state index in [1.807, 2.05) is 6.92 Å². The van der Waals surface area contributed by atoms with E-state index in [2.05, 4.69) is 19.9 Å². The molecule has 4 heteroatoms. The van der Waals surface area contributed by atoms with Gasteiger partial charge >= 0.3 is 0 Å². The number of hydrogen-bond acceptors (Lipinski definition) is 2. The van der Waals surface area contributed by atoms with Gasteiger partial charge < -0.3 is 0 Å². The lowest BCUT2D eigenvalue weighted by atomic mass is 10.1. The highest BCUT2D eigenvalue weighted by Gasteiger charge is 2.12. The van der Waals surface area contributed by atoms with Gasteiger partial charge in [-0.3, -0.25) is 0 Å². The van der Waals surface area contributed by atoms with Crippen molar-refractivity contribution in [1.29, 1.82) is 0 Å². The Morgan fingerprint density at radius 2 is 1.70 bits per heavy atom. The number of hydrogen-bond donors (Lipinski definition) is 0. The van der Waals surface area contributed by atoms with E-state index in [0.717, 1.165) is 18.4 Å². The zero-order valence-corrected chi connectivity index (χ0v) is 13.8. The minimum atomic E-state index is -3.26. The predicted molar refractivity (Wildman–Crippen MR) is 85.9 cm³/mol. The van der Waals surface area contributed by atoms with Crippen molar-refractivity contribution in [2.24, 2.45) is 0 Å². The Morgan fingerprint density at radius 3 is 2.25 bits per heavy atom. The molecule has 1 aromatic carbocycles. The molecule has 20 heavy (non-hydrogen) atoms. The van der Waals surface area contributed by atoms with Gasteiger partial charge in [-0.05, 0) is 57.9 Å². The lowest BCUT2D eigenvalue weighted by Crippen LogP contribution is -2.05. The fourth-order valence-electron chi connectivity index (χ4n) is 1.68. The van der Waals surface area contributed by atoms with Crippen LogP contribution in [0.4, 0.5) is 0 Å². The Balaban J connectivity index is 2.67. The molecule has 2 nitrogen and oxygen atoms in total. The second-order valence-corrected chi connectivity index (χ2v) is 7.58. The van der Waals surface area contributed by atoms with Crippen LogP contribution in [0.15, 0.2) is 52.5 Å². The lowest BCUT2D eigenvalue weighted by molar-refractivity contribution is 0.599. The minimum Gasteiger partial charge on any atom is -0.223 e. The van der Waals surface area contributed by atoms with Gasteiger partial charge in [0.1, 0.15) is 0 Å². The molecule has 1 rings (SSSR count). The molecule has 0 aliphatic carbocycles. The predicted octanol–water partition coefficient (Wildman–Crippen LogP) is 4.81. The van der Waals surface area contributed by atoms with Gasteiger partial charge in [0.25, 0.3) is 0 Å². The Hall–Kier alpha value is -1.06. The van der Waals surface area contributed by atoms with Crippen LogP contribution in [0.3, 0.4) is 0 Å². The summed E-state index contributed by atoms with van der Waals surface area (Å²) in [6.45, 7) is 6.09. The molecule has 0 fully saturated rings. The van der Waals surface area contributed by atoms with Gasteiger partial charge in [-0.1, -0.05) is 34.9 Å². The molecule has 0 amide bonds. The molecular weight excluding hydrogens is 292 g/mol. The molecule has 0 aromatic heterocycles. The smallest absolute Gasteiger partial charge is 0.181 e. The third-order valence-corrected chi connectivity index (χ3v) is 4.76. The molecule has 0 spiro atoms. The lowest BCUT2D eigenvalue weighted by Gasteiger charge is -2.03. The van der Waals surface area contributed by atoms with Crippen LogP contribution in [0, 0.1) is 0 Å². The summed E-state index contributed by atoms with van der Waals surface area (Å²) in [7, 11) is -3.26. The molecule has 0 bridgehead atoms. The molecule has 110 valence electrons. The summed E-state index contributed by atoms with van der Waals surface area (Å²) in [6.07, 6.45) is 5.79. The maximum atomic E-state index is 12.1. The summed E-state index contributed by atoms with van der Waals surface area (Å²) in [6, 6.07) is 6.29. The maximum Gasteiger partial charge on any atom is 0.181 e. The first-order valence-electron chi connectivity index (χ1n) is 6.58. The number of benzene rings is 1. The monoisotopic (exact) mass is 312 g/mol. The van der Waals surface area contributed by atoms with Crippen LogP contribution in [-0.4, -0.2) is 14.2 Å². The Bertz CT molecular complexity index is 592. The summed E-state index contributed by atoms with van der Waals surface area (Å²) in [5.41, 5.74) is 2.38. The molecule has 0 saturated carbocycles. The van der Waals surface area contributed by atoms with E-state index in [0.29, 0.717) is 9.92 Å². The average Bonchev–Trinajstić information content (AvgIpc) is 2.36. The van der Waals surface area contributed by atoms with Gasteiger partial charge in [-0.25, -0.2) is 8.42 Å². The number of rotatable bonds is 6. The number of allylic oxidation sites excluding steroid dienone is 3. The molecule has 0 unspecified atom stereocenters. The number of halogens is 1. The van der Waals surface area contributed by atoms with E-state index in [-0.39, 0.29) is 5.75 Å². The second kappa shape index (κ2) is 7.65. The molecule has 0 heterocycles. The van der Waals surface area contributed by atoms with E-state index in [1.54, 1.807) is 30.3 Å². The molecule has 1 aromatic rings. The molecule has 0 aliphatic rings. The van der Waals surface area contributed by atoms with Crippen molar-refractivity contribution >= 4 is 21.4 Å². The van der Waals surface area contributed by atoms with Crippen molar-refractivity contribution in [3.05, 3.63) is 52.6 Å². The quantitative estimate of drug-likeness (QED) is 0.707. The van der Waals surface area contributed by atoms with Crippen LogP contribution < -0.4 is 0 Å². The van der Waals surface area contributed by atoms with Crippen molar-refractivity contribution in [3.8, 4) is 0 Å². The van der Waals surface area contributed by atoms with Crippen molar-refractivity contribution in [3.63, 3.8) is 0 Å². The van der Waals surface area contributed by atoms with Gasteiger partial charge in [0.2, 0.25) is 0 Å². The highest BCUT2D eigenvalue weighted by Crippen LogP contribution is 2.16. The summed E-state index contributed by atoms with van der Waals surface area (Å²) >= 11 is 5.76. The number of sulfone groups is 1. The zero-order chi connectivity index (χ0) is 15.2. The van der Waals surface area contributed by atoms with Crippen LogP contribution >= 0.6 is 11.6 Å². The maximum absolute atomic E-state index is 12.1. The van der Waals surface area contributed by atoms with Crippen LogP contribution in [0.2, 0.25) is 5.02 Å². The molecular formula is C16H21ClO2S. The van der Waals surface area contributed by atoms with E-state index in [4.69, 9.17) is 11.6 Å². The molecule has 0 radical (unpaired) electrons. The SMILES string of the molecule is CC(C)=CCCC(C)=CCS(=O)(=O)c1ccc(Cl)cc1.